The van der Waals surface area contributed by atoms with E-state index in [2.05, 4.69) is 15.0 Å². The quantitative estimate of drug-likeness (QED) is 0.313. The molecule has 9 nitrogen and oxygen atoms in total. The second-order valence-corrected chi connectivity index (χ2v) is 7.59. The number of aromatic nitrogens is 1. The van der Waals surface area contributed by atoms with E-state index in [1.54, 1.807) is 30.3 Å². The molecule has 1 saturated heterocycles. The summed E-state index contributed by atoms with van der Waals surface area (Å²) >= 11 is 0. The van der Waals surface area contributed by atoms with Crippen molar-refractivity contribution in [3.05, 3.63) is 78.5 Å². The van der Waals surface area contributed by atoms with Crippen LogP contribution in [0.15, 0.2) is 78.1 Å². The standard InChI is InChI=1S/C25H27N5O4/c1-32-20-11-9-19(10-12-20)29-14-16-30(17-15-29)23(31)18-33-28-24(26)22-8-5-13-27-25(22)34-21-6-3-2-4-7-21/h2-13H,14-18H2,1H3,(H2,26,28). The number of hydrogen-bond acceptors (Lipinski definition) is 7. The van der Waals surface area contributed by atoms with Crippen LogP contribution in [0.1, 0.15) is 5.56 Å². The van der Waals surface area contributed by atoms with Gasteiger partial charge in [-0.3, -0.25) is 4.79 Å². The number of methoxy groups -OCH3 is 1. The predicted molar refractivity (Wildman–Crippen MR) is 129 cm³/mol. The van der Waals surface area contributed by atoms with E-state index in [-0.39, 0.29) is 18.3 Å². The van der Waals surface area contributed by atoms with Gasteiger partial charge < -0.3 is 29.8 Å². The number of rotatable bonds is 8. The fraction of sp³-hybridized carbons (Fsp3) is 0.240. The van der Waals surface area contributed by atoms with Crippen LogP contribution in [0.5, 0.6) is 17.4 Å². The normalized spacial score (nSPS) is 14.0. The Balaban J connectivity index is 1.29. The van der Waals surface area contributed by atoms with Crippen LogP contribution in [0, 0.1) is 0 Å². The summed E-state index contributed by atoms with van der Waals surface area (Å²) in [7, 11) is 1.65. The molecule has 9 heteroatoms. The minimum absolute atomic E-state index is 0.0798. The first kappa shape index (κ1) is 22.9. The lowest BCUT2D eigenvalue weighted by Gasteiger charge is -2.35. The number of nitrogens with two attached hydrogens (primary N) is 1. The molecule has 1 fully saturated rings. The number of oxime groups is 1. The third-order valence-electron chi connectivity index (χ3n) is 5.43. The summed E-state index contributed by atoms with van der Waals surface area (Å²) in [5.41, 5.74) is 7.66. The molecule has 0 bridgehead atoms. The van der Waals surface area contributed by atoms with Gasteiger partial charge in [-0.1, -0.05) is 23.4 Å². The summed E-state index contributed by atoms with van der Waals surface area (Å²) in [6.07, 6.45) is 1.60. The molecule has 0 spiro atoms. The number of ether oxygens (including phenoxy) is 2. The minimum Gasteiger partial charge on any atom is -0.497 e. The van der Waals surface area contributed by atoms with Gasteiger partial charge >= 0.3 is 0 Å². The van der Waals surface area contributed by atoms with Crippen molar-refractivity contribution in [2.45, 2.75) is 0 Å². The molecule has 0 saturated carbocycles. The van der Waals surface area contributed by atoms with E-state index in [0.717, 1.165) is 24.5 Å². The van der Waals surface area contributed by atoms with E-state index in [9.17, 15) is 4.79 Å². The average Bonchev–Trinajstić information content (AvgIpc) is 2.89. The van der Waals surface area contributed by atoms with Crippen molar-refractivity contribution in [3.8, 4) is 17.4 Å². The van der Waals surface area contributed by atoms with Gasteiger partial charge in [-0.05, 0) is 48.5 Å². The molecule has 176 valence electrons. The summed E-state index contributed by atoms with van der Waals surface area (Å²) in [5, 5.41) is 3.92. The maximum Gasteiger partial charge on any atom is 0.263 e. The molecule has 0 aliphatic carbocycles. The van der Waals surface area contributed by atoms with Crippen LogP contribution in [0.2, 0.25) is 0 Å². The maximum absolute atomic E-state index is 12.6. The Morgan fingerprint density at radius 2 is 1.71 bits per heavy atom. The minimum atomic E-state index is -0.196. The van der Waals surface area contributed by atoms with Gasteiger partial charge in [0, 0.05) is 38.1 Å². The number of hydrogen-bond donors (Lipinski definition) is 1. The molecular weight excluding hydrogens is 434 g/mol. The number of para-hydroxylation sites is 1. The van der Waals surface area contributed by atoms with Gasteiger partial charge in [0.05, 0.1) is 12.7 Å². The summed E-state index contributed by atoms with van der Waals surface area (Å²) in [6, 6.07) is 20.6. The molecule has 2 aromatic carbocycles. The van der Waals surface area contributed by atoms with Crippen LogP contribution < -0.4 is 20.1 Å². The topological polar surface area (TPSA) is 103 Å². The fourth-order valence-electron chi connectivity index (χ4n) is 3.57. The van der Waals surface area contributed by atoms with Crippen molar-refractivity contribution in [2.24, 2.45) is 10.9 Å². The molecule has 1 aromatic heterocycles. The van der Waals surface area contributed by atoms with Crippen molar-refractivity contribution >= 4 is 17.4 Å². The molecule has 0 unspecified atom stereocenters. The number of carbonyl (C=O) groups is 1. The number of amidine groups is 1. The van der Waals surface area contributed by atoms with E-state index in [0.29, 0.717) is 30.3 Å². The fourth-order valence-corrected chi connectivity index (χ4v) is 3.57. The lowest BCUT2D eigenvalue weighted by molar-refractivity contribution is -0.136. The van der Waals surface area contributed by atoms with Gasteiger partial charge in [0.15, 0.2) is 12.4 Å². The first-order valence-corrected chi connectivity index (χ1v) is 10.9. The molecule has 0 radical (unpaired) electrons. The Morgan fingerprint density at radius 1 is 0.971 bits per heavy atom. The van der Waals surface area contributed by atoms with Gasteiger partial charge in [-0.2, -0.15) is 0 Å². The summed E-state index contributed by atoms with van der Waals surface area (Å²) in [5.74, 6) is 1.69. The Labute approximate surface area is 198 Å². The van der Waals surface area contributed by atoms with E-state index >= 15 is 0 Å². The zero-order valence-electron chi connectivity index (χ0n) is 19.0. The van der Waals surface area contributed by atoms with E-state index in [1.165, 1.54) is 0 Å². The number of piperazine rings is 1. The van der Waals surface area contributed by atoms with E-state index in [4.69, 9.17) is 20.0 Å². The average molecular weight is 462 g/mol. The SMILES string of the molecule is COc1ccc(N2CCN(C(=O)CO/N=C(/N)c3cccnc3Oc3ccccc3)CC2)cc1. The van der Waals surface area contributed by atoms with Gasteiger partial charge in [-0.15, -0.1) is 0 Å². The number of pyridine rings is 1. The molecule has 34 heavy (non-hydrogen) atoms. The number of carbonyl (C=O) groups excluding carboxylic acids is 1. The first-order valence-electron chi connectivity index (χ1n) is 10.9. The van der Waals surface area contributed by atoms with Gasteiger partial charge in [-0.25, -0.2) is 4.98 Å². The molecule has 0 atom stereocenters. The first-order chi connectivity index (χ1) is 16.6. The Kier molecular flexibility index (Phi) is 7.44. The third-order valence-corrected chi connectivity index (χ3v) is 5.43. The molecule has 1 amide bonds. The second kappa shape index (κ2) is 11.0. The number of nitrogens with zero attached hydrogens (tertiary/aromatic N) is 4. The molecule has 3 aromatic rings. The lowest BCUT2D eigenvalue weighted by Crippen LogP contribution is -2.49. The molecule has 4 rings (SSSR count). The van der Waals surface area contributed by atoms with Crippen LogP contribution in [0.25, 0.3) is 0 Å². The predicted octanol–water partition coefficient (Wildman–Crippen LogP) is 2.87. The highest BCUT2D eigenvalue weighted by Crippen LogP contribution is 2.23. The monoisotopic (exact) mass is 461 g/mol. The highest BCUT2D eigenvalue weighted by atomic mass is 16.6. The lowest BCUT2D eigenvalue weighted by atomic mass is 10.2. The molecule has 2 heterocycles. The summed E-state index contributed by atoms with van der Waals surface area (Å²) < 4.78 is 11.0. The van der Waals surface area contributed by atoms with Crippen molar-refractivity contribution < 1.29 is 19.1 Å². The van der Waals surface area contributed by atoms with Crippen molar-refractivity contribution in [2.75, 3.05) is 44.8 Å². The highest BCUT2D eigenvalue weighted by molar-refractivity contribution is 5.99. The molecule has 1 aliphatic rings. The van der Waals surface area contributed by atoms with Crippen LogP contribution in [-0.2, 0) is 9.63 Å². The Morgan fingerprint density at radius 3 is 2.41 bits per heavy atom. The van der Waals surface area contributed by atoms with Gasteiger partial charge in [0.1, 0.15) is 11.5 Å². The number of amides is 1. The Hall–Kier alpha value is -4.27. The van der Waals surface area contributed by atoms with Crippen LogP contribution in [-0.4, -0.2) is 61.5 Å². The van der Waals surface area contributed by atoms with Gasteiger partial charge in [0.25, 0.3) is 5.91 Å². The van der Waals surface area contributed by atoms with E-state index in [1.807, 2.05) is 54.6 Å². The van der Waals surface area contributed by atoms with Crippen LogP contribution in [0.3, 0.4) is 0 Å². The van der Waals surface area contributed by atoms with Crippen molar-refractivity contribution in [1.82, 2.24) is 9.88 Å². The largest absolute Gasteiger partial charge is 0.497 e. The van der Waals surface area contributed by atoms with Crippen molar-refractivity contribution in [1.29, 1.82) is 0 Å². The molecule has 2 N–H and O–H groups in total. The maximum atomic E-state index is 12.6. The second-order valence-electron chi connectivity index (χ2n) is 7.59. The van der Waals surface area contributed by atoms with E-state index < -0.39 is 0 Å². The number of anilines is 1. The zero-order valence-corrected chi connectivity index (χ0v) is 19.0. The summed E-state index contributed by atoms with van der Waals surface area (Å²) in [4.78, 5) is 26.1. The smallest absolute Gasteiger partial charge is 0.263 e. The molecular formula is C25H27N5O4. The summed E-state index contributed by atoms with van der Waals surface area (Å²) in [6.45, 7) is 2.48. The molecule has 1 aliphatic heterocycles. The van der Waals surface area contributed by atoms with Crippen molar-refractivity contribution in [3.63, 3.8) is 0 Å². The zero-order chi connectivity index (χ0) is 23.8. The van der Waals surface area contributed by atoms with Crippen LogP contribution in [0.4, 0.5) is 5.69 Å². The van der Waals surface area contributed by atoms with Gasteiger partial charge in [0.2, 0.25) is 5.88 Å². The number of benzene rings is 2. The highest BCUT2D eigenvalue weighted by Gasteiger charge is 2.22. The third kappa shape index (κ3) is 5.74. The Bertz CT molecular complexity index is 1110. The van der Waals surface area contributed by atoms with Crippen LogP contribution >= 0.6 is 0 Å².